The van der Waals surface area contributed by atoms with Gasteiger partial charge in [0.05, 0.1) is 15.5 Å². The van der Waals surface area contributed by atoms with Crippen LogP contribution in [0.15, 0.2) is 21.5 Å². The Balaban J connectivity index is 3.84. The van der Waals surface area contributed by atoms with Gasteiger partial charge >= 0.3 is 0 Å². The molecule has 0 heterocycles. The molecule has 13 heteroatoms. The van der Waals surface area contributed by atoms with Crippen molar-refractivity contribution >= 4 is 27.1 Å². The highest BCUT2D eigenvalue weighted by molar-refractivity contribution is 7.90. The second-order valence-electron chi connectivity index (χ2n) is 4.96. The lowest BCUT2D eigenvalue weighted by Crippen LogP contribution is -2.25. The summed E-state index contributed by atoms with van der Waals surface area (Å²) in [6, 6.07) is 1.89. The number of azide groups is 1. The van der Waals surface area contributed by atoms with E-state index in [0.717, 1.165) is 12.1 Å². The lowest BCUT2D eigenvalue weighted by Gasteiger charge is -2.23. The molecule has 12 nitrogen and oxygen atoms in total. The first kappa shape index (κ1) is 20.1. The van der Waals surface area contributed by atoms with E-state index in [1.807, 2.05) is 13.8 Å². The smallest absolute Gasteiger partial charge is 0.297 e. The van der Waals surface area contributed by atoms with Crippen molar-refractivity contribution in [2.45, 2.75) is 31.6 Å². The second kappa shape index (κ2) is 8.26. The first-order valence-corrected chi connectivity index (χ1v) is 8.66. The number of nitrogens with zero attached hydrogens (tertiary/aromatic N) is 6. The molecule has 0 unspecified atom stereocenters. The lowest BCUT2D eigenvalue weighted by atomic mass is 10.2. The van der Waals surface area contributed by atoms with Crippen LogP contribution in [-0.4, -0.2) is 31.4 Å². The van der Waals surface area contributed by atoms with E-state index >= 15 is 0 Å². The van der Waals surface area contributed by atoms with Crippen molar-refractivity contribution < 1.29 is 18.3 Å². The Morgan fingerprint density at radius 1 is 1.12 bits per heavy atom. The summed E-state index contributed by atoms with van der Waals surface area (Å²) in [4.78, 5) is 23.0. The monoisotopic (exact) mass is 372 g/mol. The summed E-state index contributed by atoms with van der Waals surface area (Å²) >= 11 is 0. The number of hydrogen-bond donors (Lipinski definition) is 0. The van der Waals surface area contributed by atoms with Crippen molar-refractivity contribution in [2.24, 2.45) is 4.52 Å². The van der Waals surface area contributed by atoms with Crippen molar-refractivity contribution in [2.75, 3.05) is 18.0 Å². The van der Waals surface area contributed by atoms with Crippen LogP contribution in [0.1, 0.15) is 26.7 Å². The molecule has 0 saturated carbocycles. The van der Waals surface area contributed by atoms with Crippen LogP contribution in [0.5, 0.6) is 0 Å². The van der Waals surface area contributed by atoms with Crippen molar-refractivity contribution in [1.82, 2.24) is 0 Å². The maximum atomic E-state index is 12.0. The fourth-order valence-corrected chi connectivity index (χ4v) is 3.27. The Kier molecular flexibility index (Phi) is 6.65. The molecule has 0 aromatic heterocycles. The maximum Gasteiger partial charge on any atom is 0.297 e. The molecule has 0 aliphatic carbocycles. The highest BCUT2D eigenvalue weighted by Gasteiger charge is 2.36. The van der Waals surface area contributed by atoms with Gasteiger partial charge in [0.2, 0.25) is 4.90 Å². The van der Waals surface area contributed by atoms with Gasteiger partial charge in [-0.3, -0.25) is 20.2 Å². The van der Waals surface area contributed by atoms with Crippen LogP contribution in [0.4, 0.5) is 17.1 Å². The fourth-order valence-electron chi connectivity index (χ4n) is 2.30. The molecule has 0 N–H and O–H groups in total. The van der Waals surface area contributed by atoms with Gasteiger partial charge in [0.1, 0.15) is 0 Å². The molecular formula is C12H16N6O6S. The summed E-state index contributed by atoms with van der Waals surface area (Å²) in [7, 11) is -4.92. The average Bonchev–Trinajstić information content (AvgIpc) is 2.53. The molecular weight excluding hydrogens is 356 g/mol. The molecule has 136 valence electrons. The van der Waals surface area contributed by atoms with Gasteiger partial charge < -0.3 is 4.90 Å². The highest BCUT2D eigenvalue weighted by atomic mass is 32.2. The molecule has 0 saturated heterocycles. The van der Waals surface area contributed by atoms with Crippen LogP contribution in [0, 0.1) is 20.2 Å². The van der Waals surface area contributed by atoms with Gasteiger partial charge in [-0.1, -0.05) is 13.8 Å². The molecule has 1 aromatic carbocycles. The van der Waals surface area contributed by atoms with E-state index in [2.05, 4.69) is 9.43 Å². The van der Waals surface area contributed by atoms with Gasteiger partial charge in [0, 0.05) is 34.7 Å². The number of rotatable bonds is 9. The first-order chi connectivity index (χ1) is 11.7. The minimum Gasteiger partial charge on any atom is -0.371 e. The third-order valence-corrected chi connectivity index (χ3v) is 4.40. The van der Waals surface area contributed by atoms with Crippen molar-refractivity contribution in [3.63, 3.8) is 0 Å². The highest BCUT2D eigenvalue weighted by Crippen LogP contribution is 2.38. The minimum atomic E-state index is -4.92. The van der Waals surface area contributed by atoms with Gasteiger partial charge in [0.15, 0.2) is 0 Å². The third-order valence-electron chi connectivity index (χ3n) is 3.18. The van der Waals surface area contributed by atoms with Crippen molar-refractivity contribution in [1.29, 1.82) is 0 Å². The topological polar surface area (TPSA) is 172 Å². The molecule has 0 radical (unpaired) electrons. The predicted molar refractivity (Wildman–Crippen MR) is 88.9 cm³/mol. The number of sulfonamides is 1. The van der Waals surface area contributed by atoms with Crippen LogP contribution in [0.3, 0.4) is 0 Å². The summed E-state index contributed by atoms with van der Waals surface area (Å²) in [6.45, 7) is 4.69. The summed E-state index contributed by atoms with van der Waals surface area (Å²) in [5.41, 5.74) is 6.48. The molecule has 1 rings (SSSR count). The molecule has 0 fully saturated rings. The number of nitro benzene ring substituents is 2. The molecule has 1 aromatic rings. The van der Waals surface area contributed by atoms with E-state index in [9.17, 15) is 28.6 Å². The lowest BCUT2D eigenvalue weighted by molar-refractivity contribution is -0.399. The maximum absolute atomic E-state index is 12.0. The second-order valence-corrected chi connectivity index (χ2v) is 6.48. The van der Waals surface area contributed by atoms with Crippen LogP contribution < -0.4 is 4.90 Å². The molecule has 0 bridgehead atoms. The van der Waals surface area contributed by atoms with E-state index in [-0.39, 0.29) is 5.69 Å². The van der Waals surface area contributed by atoms with Crippen LogP contribution in [-0.2, 0) is 10.0 Å². The number of nitro groups is 2. The predicted octanol–water partition coefficient (Wildman–Crippen LogP) is 3.13. The minimum absolute atomic E-state index is 0.155. The van der Waals surface area contributed by atoms with Crippen molar-refractivity contribution in [3.05, 3.63) is 42.8 Å². The summed E-state index contributed by atoms with van der Waals surface area (Å²) in [5, 5.41) is 22.6. The molecule has 0 atom stereocenters. The van der Waals surface area contributed by atoms with E-state index in [1.54, 1.807) is 4.90 Å². The summed E-state index contributed by atoms with van der Waals surface area (Å²) in [6.07, 6.45) is 1.36. The molecule has 0 aliphatic rings. The summed E-state index contributed by atoms with van der Waals surface area (Å²) < 4.78 is 26.4. The Labute approximate surface area is 143 Å². The quantitative estimate of drug-likeness (QED) is 0.210. The zero-order valence-electron chi connectivity index (χ0n) is 13.5. The standard InChI is InChI=1S/C12H16N6O6S/c1-3-5-16(6-4-2)9-7-10(17(19)20)12(11(8-9)18(21)22)25(23,24)15-14-13/h7-8H,3-6H2,1-2H3. The van der Waals surface area contributed by atoms with Gasteiger partial charge in [-0.15, -0.1) is 0 Å². The third kappa shape index (κ3) is 4.55. The normalized spacial score (nSPS) is 10.8. The van der Waals surface area contributed by atoms with Gasteiger partial charge in [0.25, 0.3) is 21.4 Å². The van der Waals surface area contributed by atoms with E-state index in [0.29, 0.717) is 25.9 Å². The van der Waals surface area contributed by atoms with Gasteiger partial charge in [-0.25, -0.2) is 8.42 Å². The zero-order chi connectivity index (χ0) is 19.2. The van der Waals surface area contributed by atoms with E-state index < -0.39 is 36.1 Å². The van der Waals surface area contributed by atoms with Crippen LogP contribution in [0.2, 0.25) is 0 Å². The zero-order valence-corrected chi connectivity index (χ0v) is 14.3. The molecule has 25 heavy (non-hydrogen) atoms. The fraction of sp³-hybridized carbons (Fsp3) is 0.500. The first-order valence-electron chi connectivity index (χ1n) is 7.22. The summed E-state index contributed by atoms with van der Waals surface area (Å²) in [5.74, 6) is 0. The Morgan fingerprint density at radius 3 is 1.88 bits per heavy atom. The van der Waals surface area contributed by atoms with E-state index in [4.69, 9.17) is 5.53 Å². The van der Waals surface area contributed by atoms with Gasteiger partial charge in [-0.2, -0.15) is 0 Å². The number of benzene rings is 1. The largest absolute Gasteiger partial charge is 0.371 e. The Morgan fingerprint density at radius 2 is 1.56 bits per heavy atom. The van der Waals surface area contributed by atoms with E-state index in [1.165, 1.54) is 0 Å². The SMILES string of the molecule is CCCN(CCC)c1cc([N+](=O)[O-])c(S(=O)(=O)N=[N+]=[N-])c([N+](=O)[O-])c1. The number of anilines is 1. The average molecular weight is 372 g/mol. The van der Waals surface area contributed by atoms with Gasteiger partial charge in [-0.05, 0) is 18.4 Å². The van der Waals surface area contributed by atoms with Crippen molar-refractivity contribution in [3.8, 4) is 0 Å². The Hall–Kier alpha value is -2.92. The molecule has 0 aliphatic heterocycles. The number of hydrogen-bond acceptors (Lipinski definition) is 7. The Bertz CT molecular complexity index is 791. The molecule has 0 spiro atoms. The van der Waals surface area contributed by atoms with Crippen LogP contribution >= 0.6 is 0 Å². The van der Waals surface area contributed by atoms with Crippen LogP contribution in [0.25, 0.3) is 10.4 Å². The molecule has 0 amide bonds.